The van der Waals surface area contributed by atoms with Gasteiger partial charge in [0.25, 0.3) is 0 Å². The Morgan fingerprint density at radius 3 is 2.64 bits per heavy atom. The summed E-state index contributed by atoms with van der Waals surface area (Å²) in [4.78, 5) is 2.60. The molecule has 0 bridgehead atoms. The van der Waals surface area contributed by atoms with Gasteiger partial charge in [0.2, 0.25) is 0 Å². The van der Waals surface area contributed by atoms with E-state index in [0.717, 1.165) is 47.8 Å². The first-order chi connectivity index (χ1) is 12.1. The first-order valence-corrected chi connectivity index (χ1v) is 10.5. The molecule has 6 heteroatoms. The minimum atomic E-state index is 0.495. The summed E-state index contributed by atoms with van der Waals surface area (Å²) in [6, 6.07) is 4.18. The average Bonchev–Trinajstić information content (AvgIpc) is 3.20. The quantitative estimate of drug-likeness (QED) is 0.699. The summed E-state index contributed by atoms with van der Waals surface area (Å²) in [5.41, 5.74) is 0. The maximum absolute atomic E-state index is 5.76. The Balaban J connectivity index is 1.41. The average molecular weight is 363 g/mol. The van der Waals surface area contributed by atoms with E-state index in [9.17, 15) is 0 Å². The van der Waals surface area contributed by atoms with E-state index in [1.165, 1.54) is 25.9 Å². The normalized spacial score (nSPS) is 17.9. The maximum atomic E-state index is 5.76. The molecule has 0 aliphatic carbocycles. The first-order valence-electron chi connectivity index (χ1n) is 9.27. The van der Waals surface area contributed by atoms with Crippen molar-refractivity contribution in [3.05, 3.63) is 29.5 Å². The molecule has 0 saturated carbocycles. The molecule has 1 fully saturated rings. The molecular formula is C19H30N4OS. The van der Waals surface area contributed by atoms with Gasteiger partial charge >= 0.3 is 0 Å². The third kappa shape index (κ3) is 4.67. The van der Waals surface area contributed by atoms with Crippen molar-refractivity contribution >= 4 is 11.8 Å². The molecule has 1 atom stereocenters. The van der Waals surface area contributed by atoms with Crippen LogP contribution >= 0.6 is 11.8 Å². The molecule has 0 N–H and O–H groups in total. The second kappa shape index (κ2) is 8.41. The van der Waals surface area contributed by atoms with Crippen molar-refractivity contribution in [2.75, 3.05) is 25.9 Å². The van der Waals surface area contributed by atoms with Crippen LogP contribution in [0.15, 0.2) is 21.7 Å². The van der Waals surface area contributed by atoms with Crippen molar-refractivity contribution in [2.45, 2.75) is 50.6 Å². The van der Waals surface area contributed by atoms with Crippen LogP contribution in [0.2, 0.25) is 0 Å². The predicted molar refractivity (Wildman–Crippen MR) is 102 cm³/mol. The zero-order chi connectivity index (χ0) is 17.8. The second-order valence-corrected chi connectivity index (χ2v) is 8.06. The largest absolute Gasteiger partial charge is 0.466 e. The minimum absolute atomic E-state index is 0.495. The molecule has 138 valence electrons. The van der Waals surface area contributed by atoms with Crippen molar-refractivity contribution in [3.63, 3.8) is 0 Å². The minimum Gasteiger partial charge on any atom is -0.466 e. The molecule has 3 heterocycles. The number of hydrogen-bond acceptors (Lipinski definition) is 5. The Morgan fingerprint density at radius 1 is 1.28 bits per heavy atom. The van der Waals surface area contributed by atoms with Crippen LogP contribution in [0.25, 0.3) is 0 Å². The molecule has 0 aromatic carbocycles. The lowest BCUT2D eigenvalue weighted by molar-refractivity contribution is 0.176. The van der Waals surface area contributed by atoms with Gasteiger partial charge in [-0.05, 0) is 70.1 Å². The van der Waals surface area contributed by atoms with E-state index in [4.69, 9.17) is 4.42 Å². The van der Waals surface area contributed by atoms with Crippen molar-refractivity contribution in [2.24, 2.45) is 13.0 Å². The molecule has 3 rings (SSSR count). The molecule has 1 aliphatic heterocycles. The van der Waals surface area contributed by atoms with E-state index in [0.29, 0.717) is 5.92 Å². The monoisotopic (exact) mass is 362 g/mol. The molecule has 2 aromatic rings. The molecule has 0 amide bonds. The van der Waals surface area contributed by atoms with Gasteiger partial charge in [0.1, 0.15) is 17.3 Å². The summed E-state index contributed by atoms with van der Waals surface area (Å²) >= 11 is 1.66. The number of hydrogen-bond donors (Lipinski definition) is 0. The third-order valence-electron chi connectivity index (χ3n) is 5.41. The molecule has 0 unspecified atom stereocenters. The highest BCUT2D eigenvalue weighted by atomic mass is 32.2. The lowest BCUT2D eigenvalue weighted by Crippen LogP contribution is -2.35. The van der Waals surface area contributed by atoms with Crippen LogP contribution in [0.1, 0.15) is 49.4 Å². The smallest absolute Gasteiger partial charge is 0.190 e. The van der Waals surface area contributed by atoms with Crippen molar-refractivity contribution in [1.29, 1.82) is 0 Å². The topological polar surface area (TPSA) is 47.1 Å². The second-order valence-electron chi connectivity index (χ2n) is 7.29. The number of rotatable bonds is 7. The lowest BCUT2D eigenvalue weighted by atomic mass is 9.92. The van der Waals surface area contributed by atoms with Gasteiger partial charge in [-0.15, -0.1) is 10.2 Å². The summed E-state index contributed by atoms with van der Waals surface area (Å²) in [6.07, 6.45) is 6.79. The van der Waals surface area contributed by atoms with E-state index in [2.05, 4.69) is 52.0 Å². The van der Waals surface area contributed by atoms with Crippen LogP contribution in [0.5, 0.6) is 0 Å². The number of piperidine rings is 1. The van der Waals surface area contributed by atoms with Crippen LogP contribution in [0.4, 0.5) is 0 Å². The standard InChI is InChI=1S/C19H30N4OS/c1-14(17-6-5-15(2)24-17)7-10-23-11-8-16(9-12-23)13-18-20-21-19(25-4)22(18)3/h5-6,14,16H,7-13H2,1-4H3/t14-/m1/s1. The van der Waals surface area contributed by atoms with Crippen LogP contribution in [-0.4, -0.2) is 45.6 Å². The molecule has 2 aromatic heterocycles. The van der Waals surface area contributed by atoms with Crippen LogP contribution in [-0.2, 0) is 13.5 Å². The molecule has 1 saturated heterocycles. The van der Waals surface area contributed by atoms with E-state index in [1.807, 2.05) is 6.92 Å². The van der Waals surface area contributed by atoms with Gasteiger partial charge in [-0.1, -0.05) is 18.7 Å². The van der Waals surface area contributed by atoms with E-state index in [1.54, 1.807) is 11.8 Å². The summed E-state index contributed by atoms with van der Waals surface area (Å²) < 4.78 is 7.90. The summed E-state index contributed by atoms with van der Waals surface area (Å²) in [7, 11) is 2.08. The summed E-state index contributed by atoms with van der Waals surface area (Å²) in [6.45, 7) is 7.83. The zero-order valence-corrected chi connectivity index (χ0v) is 16.7. The molecule has 0 radical (unpaired) electrons. The number of thioether (sulfide) groups is 1. The van der Waals surface area contributed by atoms with Gasteiger partial charge in [-0.3, -0.25) is 0 Å². The number of nitrogens with zero attached hydrogens (tertiary/aromatic N) is 4. The Morgan fingerprint density at radius 2 is 2.04 bits per heavy atom. The van der Waals surface area contributed by atoms with Crippen LogP contribution in [0, 0.1) is 12.8 Å². The van der Waals surface area contributed by atoms with Gasteiger partial charge in [0.15, 0.2) is 5.16 Å². The van der Waals surface area contributed by atoms with Crippen molar-refractivity contribution in [3.8, 4) is 0 Å². The molecule has 1 aliphatic rings. The third-order valence-corrected chi connectivity index (χ3v) is 6.13. The number of likely N-dealkylation sites (tertiary alicyclic amines) is 1. The van der Waals surface area contributed by atoms with E-state index in [-0.39, 0.29) is 0 Å². The van der Waals surface area contributed by atoms with Gasteiger partial charge in [0, 0.05) is 19.4 Å². The highest BCUT2D eigenvalue weighted by Gasteiger charge is 2.22. The molecule has 5 nitrogen and oxygen atoms in total. The molecule has 25 heavy (non-hydrogen) atoms. The van der Waals surface area contributed by atoms with Gasteiger partial charge in [-0.25, -0.2) is 0 Å². The van der Waals surface area contributed by atoms with Gasteiger partial charge in [0.05, 0.1) is 0 Å². The lowest BCUT2D eigenvalue weighted by Gasteiger charge is -2.32. The fourth-order valence-electron chi connectivity index (χ4n) is 3.61. The summed E-state index contributed by atoms with van der Waals surface area (Å²) in [5.74, 6) is 4.49. The van der Waals surface area contributed by atoms with Crippen molar-refractivity contribution in [1.82, 2.24) is 19.7 Å². The predicted octanol–water partition coefficient (Wildman–Crippen LogP) is 3.89. The summed E-state index contributed by atoms with van der Waals surface area (Å²) in [5, 5.41) is 9.62. The van der Waals surface area contributed by atoms with E-state index < -0.39 is 0 Å². The fourth-order valence-corrected chi connectivity index (χ4v) is 4.11. The highest BCUT2D eigenvalue weighted by molar-refractivity contribution is 7.98. The number of aromatic nitrogens is 3. The van der Waals surface area contributed by atoms with E-state index >= 15 is 0 Å². The van der Waals surface area contributed by atoms with Crippen LogP contribution in [0.3, 0.4) is 0 Å². The van der Waals surface area contributed by atoms with Gasteiger partial charge < -0.3 is 13.9 Å². The van der Waals surface area contributed by atoms with Crippen molar-refractivity contribution < 1.29 is 4.42 Å². The van der Waals surface area contributed by atoms with Crippen LogP contribution < -0.4 is 0 Å². The zero-order valence-electron chi connectivity index (χ0n) is 15.9. The Labute approximate surface area is 155 Å². The number of furan rings is 1. The Kier molecular flexibility index (Phi) is 6.23. The Bertz CT molecular complexity index is 673. The number of aryl methyl sites for hydroxylation is 1. The maximum Gasteiger partial charge on any atom is 0.190 e. The molecule has 0 spiro atoms. The first kappa shape index (κ1) is 18.5. The molecular weight excluding hydrogens is 332 g/mol. The van der Waals surface area contributed by atoms with Gasteiger partial charge in [-0.2, -0.15) is 0 Å². The highest BCUT2D eigenvalue weighted by Crippen LogP contribution is 2.25. The Hall–Kier alpha value is -1.27. The SMILES string of the molecule is CSc1nnc(CC2CCN(CC[C@@H](C)c3ccc(C)o3)CC2)n1C. The fraction of sp³-hybridized carbons (Fsp3) is 0.684.